The number of aromatic nitrogens is 1. The fourth-order valence-corrected chi connectivity index (χ4v) is 4.77. The van der Waals surface area contributed by atoms with Crippen molar-refractivity contribution in [2.45, 2.75) is 43.7 Å². The van der Waals surface area contributed by atoms with Crippen LogP contribution in [-0.4, -0.2) is 33.5 Å². The molecule has 1 amide bonds. The summed E-state index contributed by atoms with van der Waals surface area (Å²) in [5.74, 6) is -0.0170. The Morgan fingerprint density at radius 1 is 1.19 bits per heavy atom. The molecule has 0 radical (unpaired) electrons. The maximum absolute atomic E-state index is 13.1. The van der Waals surface area contributed by atoms with Crippen molar-refractivity contribution in [3.05, 3.63) is 65.5 Å². The Bertz CT molecular complexity index is 859. The SMILES string of the molecule is N#Cc1ccc(C(=O)N2CC[C@](O)(c3ccccc3)[C@@H]3CCCC[C@H]32)cn1. The highest BCUT2D eigenvalue weighted by Gasteiger charge is 2.50. The summed E-state index contributed by atoms with van der Waals surface area (Å²) in [6.07, 6.45) is 6.00. The lowest BCUT2D eigenvalue weighted by atomic mass is 9.66. The molecule has 1 aliphatic carbocycles. The van der Waals surface area contributed by atoms with E-state index >= 15 is 0 Å². The summed E-state index contributed by atoms with van der Waals surface area (Å²) in [5, 5.41) is 20.5. The molecule has 1 aliphatic heterocycles. The molecular weight excluding hydrogens is 338 g/mol. The quantitative estimate of drug-likeness (QED) is 0.891. The molecule has 1 saturated heterocycles. The summed E-state index contributed by atoms with van der Waals surface area (Å²) in [5.41, 5.74) is 0.878. The van der Waals surface area contributed by atoms with Crippen molar-refractivity contribution in [3.8, 4) is 6.07 Å². The zero-order valence-corrected chi connectivity index (χ0v) is 15.2. The van der Waals surface area contributed by atoms with Gasteiger partial charge in [0.1, 0.15) is 11.8 Å². The molecule has 1 aromatic carbocycles. The van der Waals surface area contributed by atoms with Crippen LogP contribution in [0.25, 0.3) is 0 Å². The minimum Gasteiger partial charge on any atom is -0.385 e. The van der Waals surface area contributed by atoms with Gasteiger partial charge in [-0.15, -0.1) is 0 Å². The van der Waals surface area contributed by atoms with Gasteiger partial charge in [-0.25, -0.2) is 4.98 Å². The number of benzene rings is 1. The largest absolute Gasteiger partial charge is 0.385 e. The van der Waals surface area contributed by atoms with Crippen molar-refractivity contribution in [1.82, 2.24) is 9.88 Å². The Labute approximate surface area is 159 Å². The molecule has 3 atom stereocenters. The molecule has 2 aromatic rings. The first-order valence-corrected chi connectivity index (χ1v) is 9.58. The summed E-state index contributed by atoms with van der Waals surface area (Å²) in [6.45, 7) is 0.519. The fourth-order valence-electron chi connectivity index (χ4n) is 4.77. The van der Waals surface area contributed by atoms with Crippen molar-refractivity contribution in [2.75, 3.05) is 6.54 Å². The second kappa shape index (κ2) is 7.13. The molecule has 1 N–H and O–H groups in total. The minimum atomic E-state index is -0.883. The smallest absolute Gasteiger partial charge is 0.255 e. The Morgan fingerprint density at radius 2 is 1.96 bits per heavy atom. The van der Waals surface area contributed by atoms with E-state index in [9.17, 15) is 9.90 Å². The number of aliphatic hydroxyl groups is 1. The number of likely N-dealkylation sites (tertiary alicyclic amines) is 1. The van der Waals surface area contributed by atoms with Crippen LogP contribution in [0.2, 0.25) is 0 Å². The van der Waals surface area contributed by atoms with Crippen molar-refractivity contribution in [3.63, 3.8) is 0 Å². The van der Waals surface area contributed by atoms with Gasteiger partial charge in [0.2, 0.25) is 0 Å². The highest BCUT2D eigenvalue weighted by atomic mass is 16.3. The van der Waals surface area contributed by atoms with E-state index in [1.807, 2.05) is 41.3 Å². The van der Waals surface area contributed by atoms with Crippen molar-refractivity contribution in [1.29, 1.82) is 5.26 Å². The van der Waals surface area contributed by atoms with Crippen molar-refractivity contribution < 1.29 is 9.90 Å². The molecule has 0 unspecified atom stereocenters. The van der Waals surface area contributed by atoms with Gasteiger partial charge in [-0.2, -0.15) is 5.26 Å². The Balaban J connectivity index is 1.63. The van der Waals surface area contributed by atoms with E-state index in [0.29, 0.717) is 24.2 Å². The van der Waals surface area contributed by atoms with E-state index in [1.165, 1.54) is 6.20 Å². The van der Waals surface area contributed by atoms with E-state index in [0.717, 1.165) is 31.2 Å². The van der Waals surface area contributed by atoms with Crippen LogP contribution in [-0.2, 0) is 5.60 Å². The number of rotatable bonds is 2. The van der Waals surface area contributed by atoms with Crippen LogP contribution in [0.4, 0.5) is 0 Å². The third-order valence-electron chi connectivity index (χ3n) is 6.14. The number of amides is 1. The third kappa shape index (κ3) is 3.11. The summed E-state index contributed by atoms with van der Waals surface area (Å²) in [6, 6.07) is 15.1. The Morgan fingerprint density at radius 3 is 2.67 bits per heavy atom. The van der Waals surface area contributed by atoms with Crippen LogP contribution in [0.1, 0.15) is 53.7 Å². The van der Waals surface area contributed by atoms with Crippen LogP contribution >= 0.6 is 0 Å². The minimum absolute atomic E-state index is 0.0286. The highest BCUT2D eigenvalue weighted by molar-refractivity contribution is 5.94. The van der Waals surface area contributed by atoms with Crippen LogP contribution in [0.5, 0.6) is 0 Å². The van der Waals surface area contributed by atoms with Crippen LogP contribution < -0.4 is 0 Å². The fraction of sp³-hybridized carbons (Fsp3) is 0.409. The first kappa shape index (κ1) is 17.7. The summed E-state index contributed by atoms with van der Waals surface area (Å²) < 4.78 is 0. The predicted octanol–water partition coefficient (Wildman–Crippen LogP) is 3.25. The third-order valence-corrected chi connectivity index (χ3v) is 6.14. The number of hydrogen-bond acceptors (Lipinski definition) is 4. The van der Waals surface area contributed by atoms with Crippen molar-refractivity contribution in [2.24, 2.45) is 5.92 Å². The van der Waals surface area contributed by atoms with Crippen molar-refractivity contribution >= 4 is 5.91 Å². The van der Waals surface area contributed by atoms with Gasteiger partial charge in [0.15, 0.2) is 0 Å². The van der Waals surface area contributed by atoms with E-state index in [2.05, 4.69) is 4.98 Å². The number of piperidine rings is 1. The number of nitrogens with zero attached hydrogens (tertiary/aromatic N) is 3. The van der Waals surface area contributed by atoms with E-state index < -0.39 is 5.60 Å². The zero-order valence-electron chi connectivity index (χ0n) is 15.2. The van der Waals surface area contributed by atoms with Gasteiger partial charge in [0.25, 0.3) is 5.91 Å². The standard InChI is InChI=1S/C22H23N3O2/c23-14-18-11-10-16(15-24-18)21(26)25-13-12-22(27,17-6-2-1-3-7-17)19-8-4-5-9-20(19)25/h1-3,6-7,10-11,15,19-20,27H,4-5,8-9,12-13H2/t19-,20-,22+/m1/s1. The van der Waals surface area contributed by atoms with E-state index in [1.54, 1.807) is 12.1 Å². The average Bonchev–Trinajstić information content (AvgIpc) is 2.74. The number of fused-ring (bicyclic) bond motifs is 1. The van der Waals surface area contributed by atoms with Gasteiger partial charge in [0.05, 0.1) is 11.2 Å². The van der Waals surface area contributed by atoms with Crippen LogP contribution in [0.15, 0.2) is 48.7 Å². The van der Waals surface area contributed by atoms with Gasteiger partial charge in [0, 0.05) is 24.7 Å². The highest BCUT2D eigenvalue weighted by Crippen LogP contribution is 2.47. The summed E-state index contributed by atoms with van der Waals surface area (Å²) in [7, 11) is 0. The van der Waals surface area contributed by atoms with Gasteiger partial charge in [-0.3, -0.25) is 4.79 Å². The molecule has 2 fully saturated rings. The van der Waals surface area contributed by atoms with Gasteiger partial charge >= 0.3 is 0 Å². The molecule has 5 heteroatoms. The summed E-state index contributed by atoms with van der Waals surface area (Å²) in [4.78, 5) is 19.1. The predicted molar refractivity (Wildman–Crippen MR) is 101 cm³/mol. The molecule has 5 nitrogen and oxygen atoms in total. The normalized spacial score (nSPS) is 27.5. The van der Waals surface area contributed by atoms with Gasteiger partial charge in [-0.1, -0.05) is 43.2 Å². The monoisotopic (exact) mass is 361 g/mol. The molecule has 0 spiro atoms. The number of nitriles is 1. The van der Waals surface area contributed by atoms with Crippen LogP contribution in [0, 0.1) is 17.2 Å². The average molecular weight is 361 g/mol. The number of hydrogen-bond donors (Lipinski definition) is 1. The molecule has 2 heterocycles. The number of carbonyl (C=O) groups excluding carboxylic acids is 1. The molecule has 4 rings (SSSR count). The van der Waals surface area contributed by atoms with Gasteiger partial charge in [-0.05, 0) is 37.0 Å². The second-order valence-electron chi connectivity index (χ2n) is 7.54. The molecule has 1 saturated carbocycles. The zero-order chi connectivity index (χ0) is 18.9. The Hall–Kier alpha value is -2.71. The first-order valence-electron chi connectivity index (χ1n) is 9.58. The second-order valence-corrected chi connectivity index (χ2v) is 7.54. The lowest BCUT2D eigenvalue weighted by Crippen LogP contribution is -2.59. The van der Waals surface area contributed by atoms with Crippen LogP contribution in [0.3, 0.4) is 0 Å². The summed E-state index contributed by atoms with van der Waals surface area (Å²) >= 11 is 0. The molecule has 138 valence electrons. The number of pyridine rings is 1. The topological polar surface area (TPSA) is 77.2 Å². The molecule has 0 bridgehead atoms. The molecule has 2 aliphatic rings. The van der Waals surface area contributed by atoms with E-state index in [4.69, 9.17) is 5.26 Å². The lowest BCUT2D eigenvalue weighted by molar-refractivity contribution is -0.110. The van der Waals surface area contributed by atoms with E-state index in [-0.39, 0.29) is 17.9 Å². The molecular formula is C22H23N3O2. The molecule has 1 aromatic heterocycles. The first-order chi connectivity index (χ1) is 13.1. The lowest BCUT2D eigenvalue weighted by Gasteiger charge is -2.52. The van der Waals surface area contributed by atoms with Gasteiger partial charge < -0.3 is 10.0 Å². The maximum atomic E-state index is 13.1. The molecule has 27 heavy (non-hydrogen) atoms. The number of carbonyl (C=O) groups is 1. The maximum Gasteiger partial charge on any atom is 0.255 e. The Kier molecular flexibility index (Phi) is 4.67.